The summed E-state index contributed by atoms with van der Waals surface area (Å²) in [5.41, 5.74) is 0.410. The highest BCUT2D eigenvalue weighted by Crippen LogP contribution is 2.30. The van der Waals surface area contributed by atoms with Crippen molar-refractivity contribution in [1.29, 1.82) is 5.26 Å². The Bertz CT molecular complexity index is 747. The maximum absolute atomic E-state index is 9.16. The maximum atomic E-state index is 9.16. The number of pyridine rings is 2. The van der Waals surface area contributed by atoms with E-state index in [1.807, 2.05) is 12.3 Å². The van der Waals surface area contributed by atoms with Gasteiger partial charge in [0.1, 0.15) is 23.4 Å². The van der Waals surface area contributed by atoms with Crippen LogP contribution in [0.1, 0.15) is 45.7 Å². The zero-order valence-corrected chi connectivity index (χ0v) is 13.9. The SMILES string of the molecule is CC(C)Nc1nc(C#N)cc2cnc(NC3CCCC3C)cc12. The van der Waals surface area contributed by atoms with Crippen LogP contribution in [0.4, 0.5) is 11.6 Å². The summed E-state index contributed by atoms with van der Waals surface area (Å²) < 4.78 is 0. The third kappa shape index (κ3) is 3.37. The summed E-state index contributed by atoms with van der Waals surface area (Å²) in [4.78, 5) is 8.94. The van der Waals surface area contributed by atoms with Crippen molar-refractivity contribution in [2.75, 3.05) is 10.6 Å². The summed E-state index contributed by atoms with van der Waals surface area (Å²) in [6.07, 6.45) is 5.58. The third-order valence-electron chi connectivity index (χ3n) is 4.45. The lowest BCUT2D eigenvalue weighted by Crippen LogP contribution is -2.22. The van der Waals surface area contributed by atoms with Gasteiger partial charge in [0.2, 0.25) is 0 Å². The van der Waals surface area contributed by atoms with Gasteiger partial charge in [-0.25, -0.2) is 9.97 Å². The zero-order valence-electron chi connectivity index (χ0n) is 13.9. The first-order valence-corrected chi connectivity index (χ1v) is 8.31. The molecule has 2 aromatic rings. The molecule has 1 aliphatic rings. The topological polar surface area (TPSA) is 73.6 Å². The smallest absolute Gasteiger partial charge is 0.143 e. The number of hydrogen-bond donors (Lipinski definition) is 2. The van der Waals surface area contributed by atoms with E-state index in [0.717, 1.165) is 22.4 Å². The number of anilines is 2. The molecule has 0 radical (unpaired) electrons. The van der Waals surface area contributed by atoms with Crippen molar-refractivity contribution in [1.82, 2.24) is 9.97 Å². The van der Waals surface area contributed by atoms with Crippen LogP contribution in [0.15, 0.2) is 18.3 Å². The van der Waals surface area contributed by atoms with Crippen molar-refractivity contribution in [3.05, 3.63) is 24.0 Å². The van der Waals surface area contributed by atoms with E-state index in [9.17, 15) is 0 Å². The summed E-state index contributed by atoms with van der Waals surface area (Å²) in [6.45, 7) is 6.42. The van der Waals surface area contributed by atoms with Crippen molar-refractivity contribution in [2.45, 2.75) is 52.1 Å². The predicted molar refractivity (Wildman–Crippen MR) is 93.4 cm³/mol. The van der Waals surface area contributed by atoms with Gasteiger partial charge < -0.3 is 10.6 Å². The first-order valence-electron chi connectivity index (χ1n) is 8.31. The number of rotatable bonds is 4. The molecule has 1 aliphatic carbocycles. The van der Waals surface area contributed by atoms with Gasteiger partial charge in [0.05, 0.1) is 0 Å². The quantitative estimate of drug-likeness (QED) is 0.895. The molecule has 2 atom stereocenters. The van der Waals surface area contributed by atoms with Gasteiger partial charge in [-0.15, -0.1) is 0 Å². The van der Waals surface area contributed by atoms with E-state index < -0.39 is 0 Å². The molecule has 0 spiro atoms. The molecule has 23 heavy (non-hydrogen) atoms. The number of nitriles is 1. The van der Waals surface area contributed by atoms with E-state index in [4.69, 9.17) is 5.26 Å². The van der Waals surface area contributed by atoms with E-state index in [1.165, 1.54) is 19.3 Å². The van der Waals surface area contributed by atoms with E-state index in [1.54, 1.807) is 6.07 Å². The van der Waals surface area contributed by atoms with Crippen molar-refractivity contribution >= 4 is 22.4 Å². The maximum Gasteiger partial charge on any atom is 0.143 e. The molecule has 2 heterocycles. The molecule has 5 heteroatoms. The lowest BCUT2D eigenvalue weighted by atomic mass is 10.1. The molecule has 2 N–H and O–H groups in total. The molecule has 0 aliphatic heterocycles. The highest BCUT2D eigenvalue weighted by Gasteiger charge is 2.23. The van der Waals surface area contributed by atoms with Gasteiger partial charge in [-0.2, -0.15) is 5.26 Å². The highest BCUT2D eigenvalue weighted by atomic mass is 15.0. The Morgan fingerprint density at radius 2 is 2.13 bits per heavy atom. The minimum absolute atomic E-state index is 0.249. The van der Waals surface area contributed by atoms with Gasteiger partial charge in [0.15, 0.2) is 0 Å². The molecule has 3 rings (SSSR count). The fourth-order valence-corrected chi connectivity index (χ4v) is 3.22. The average Bonchev–Trinajstić information content (AvgIpc) is 2.92. The van der Waals surface area contributed by atoms with Crippen LogP contribution in [0.25, 0.3) is 10.8 Å². The molecule has 0 amide bonds. The van der Waals surface area contributed by atoms with Crippen LogP contribution in [0.3, 0.4) is 0 Å². The van der Waals surface area contributed by atoms with Crippen LogP contribution >= 0.6 is 0 Å². The summed E-state index contributed by atoms with van der Waals surface area (Å²) in [7, 11) is 0. The lowest BCUT2D eigenvalue weighted by Gasteiger charge is -2.19. The Kier molecular flexibility index (Phi) is 4.33. The number of fused-ring (bicyclic) bond motifs is 1. The fourth-order valence-electron chi connectivity index (χ4n) is 3.22. The van der Waals surface area contributed by atoms with Gasteiger partial charge in [0.25, 0.3) is 0 Å². The molecule has 0 aromatic carbocycles. The summed E-state index contributed by atoms with van der Waals surface area (Å²) >= 11 is 0. The molecular formula is C18H23N5. The van der Waals surface area contributed by atoms with Crippen LogP contribution < -0.4 is 10.6 Å². The average molecular weight is 309 g/mol. The zero-order chi connectivity index (χ0) is 16.4. The second-order valence-corrected chi connectivity index (χ2v) is 6.72. The van der Waals surface area contributed by atoms with Crippen molar-refractivity contribution in [3.8, 4) is 6.07 Å². The van der Waals surface area contributed by atoms with Gasteiger partial charge in [-0.3, -0.25) is 0 Å². The summed E-state index contributed by atoms with van der Waals surface area (Å²) in [5.74, 6) is 2.31. The highest BCUT2D eigenvalue weighted by molar-refractivity contribution is 5.93. The number of hydrogen-bond acceptors (Lipinski definition) is 5. The second kappa shape index (κ2) is 6.41. The van der Waals surface area contributed by atoms with Crippen molar-refractivity contribution < 1.29 is 0 Å². The monoisotopic (exact) mass is 309 g/mol. The second-order valence-electron chi connectivity index (χ2n) is 6.72. The van der Waals surface area contributed by atoms with Gasteiger partial charge >= 0.3 is 0 Å². The molecule has 1 saturated carbocycles. The third-order valence-corrected chi connectivity index (χ3v) is 4.45. The molecule has 5 nitrogen and oxygen atoms in total. The summed E-state index contributed by atoms with van der Waals surface area (Å²) in [6, 6.07) is 6.69. The Labute approximate surface area is 137 Å². The Balaban J connectivity index is 1.98. The van der Waals surface area contributed by atoms with E-state index in [-0.39, 0.29) is 6.04 Å². The number of nitrogens with zero attached hydrogens (tertiary/aromatic N) is 3. The molecule has 2 aromatic heterocycles. The first-order chi connectivity index (χ1) is 11.1. The Morgan fingerprint density at radius 1 is 1.30 bits per heavy atom. The lowest BCUT2D eigenvalue weighted by molar-refractivity contribution is 0.555. The van der Waals surface area contributed by atoms with Crippen LogP contribution in [-0.2, 0) is 0 Å². The molecule has 2 unspecified atom stereocenters. The standard InChI is InChI=1S/C18H23N5/c1-11(2)21-18-15-8-17(23-16-6-4-5-12(16)3)20-10-13(15)7-14(9-19)22-18/h7-8,10-12,16H,4-6H2,1-3H3,(H,20,23)(H,21,22). The molecule has 0 bridgehead atoms. The predicted octanol–water partition coefficient (Wildman–Crippen LogP) is 3.92. The number of nitrogens with one attached hydrogen (secondary N) is 2. The van der Waals surface area contributed by atoms with Crippen LogP contribution in [0.5, 0.6) is 0 Å². The Morgan fingerprint density at radius 3 is 2.78 bits per heavy atom. The van der Waals surface area contributed by atoms with Gasteiger partial charge in [-0.1, -0.05) is 13.3 Å². The van der Waals surface area contributed by atoms with E-state index in [2.05, 4.69) is 47.4 Å². The summed E-state index contributed by atoms with van der Waals surface area (Å²) in [5, 5.41) is 18.0. The van der Waals surface area contributed by atoms with E-state index >= 15 is 0 Å². The van der Waals surface area contributed by atoms with Crippen LogP contribution in [0.2, 0.25) is 0 Å². The minimum Gasteiger partial charge on any atom is -0.367 e. The van der Waals surface area contributed by atoms with E-state index in [0.29, 0.717) is 17.7 Å². The van der Waals surface area contributed by atoms with Crippen molar-refractivity contribution in [2.24, 2.45) is 5.92 Å². The van der Waals surface area contributed by atoms with Crippen LogP contribution in [-0.4, -0.2) is 22.1 Å². The normalized spacial score (nSPS) is 20.7. The first kappa shape index (κ1) is 15.5. The largest absolute Gasteiger partial charge is 0.367 e. The fraction of sp³-hybridized carbons (Fsp3) is 0.500. The van der Waals surface area contributed by atoms with Crippen LogP contribution in [0, 0.1) is 17.2 Å². The molecular weight excluding hydrogens is 286 g/mol. The molecule has 1 fully saturated rings. The van der Waals surface area contributed by atoms with Gasteiger partial charge in [0, 0.05) is 29.1 Å². The Hall–Kier alpha value is -2.35. The molecule has 0 saturated heterocycles. The van der Waals surface area contributed by atoms with Gasteiger partial charge in [-0.05, 0) is 44.7 Å². The van der Waals surface area contributed by atoms with Crippen molar-refractivity contribution in [3.63, 3.8) is 0 Å². The number of aromatic nitrogens is 2. The minimum atomic E-state index is 0.249. The molecule has 120 valence electrons.